The van der Waals surface area contributed by atoms with Crippen LogP contribution in [-0.2, 0) is 0 Å². The standard InChI is InChI=1S/C13H14N2O2/c1-8-7-15(10(3)14-8)12-6-4-5-11(9(12)2)13(16)17/h4-7H,1-3H3,(H,16,17). The van der Waals surface area contributed by atoms with Gasteiger partial charge >= 0.3 is 5.97 Å². The van der Waals surface area contributed by atoms with E-state index in [0.717, 1.165) is 22.8 Å². The summed E-state index contributed by atoms with van der Waals surface area (Å²) in [5.74, 6) is -0.0491. The minimum Gasteiger partial charge on any atom is -0.478 e. The molecular formula is C13H14N2O2. The van der Waals surface area contributed by atoms with Crippen LogP contribution in [0.3, 0.4) is 0 Å². The highest BCUT2D eigenvalue weighted by Gasteiger charge is 2.12. The normalized spacial score (nSPS) is 10.5. The summed E-state index contributed by atoms with van der Waals surface area (Å²) < 4.78 is 1.91. The highest BCUT2D eigenvalue weighted by Crippen LogP contribution is 2.20. The van der Waals surface area contributed by atoms with E-state index in [2.05, 4.69) is 4.98 Å². The third kappa shape index (κ3) is 1.93. The zero-order valence-electron chi connectivity index (χ0n) is 10.1. The number of carboxylic acid groups (broad SMARTS) is 1. The fourth-order valence-corrected chi connectivity index (χ4v) is 1.98. The van der Waals surface area contributed by atoms with Crippen LogP contribution in [0.25, 0.3) is 5.69 Å². The van der Waals surface area contributed by atoms with E-state index in [0.29, 0.717) is 5.56 Å². The van der Waals surface area contributed by atoms with Crippen LogP contribution in [0, 0.1) is 20.8 Å². The summed E-state index contributed by atoms with van der Waals surface area (Å²) >= 11 is 0. The molecule has 17 heavy (non-hydrogen) atoms. The number of hydrogen-bond acceptors (Lipinski definition) is 2. The molecule has 4 heteroatoms. The first-order valence-electron chi connectivity index (χ1n) is 5.36. The number of carbonyl (C=O) groups is 1. The SMILES string of the molecule is Cc1cn(-c2cccc(C(=O)O)c2C)c(C)n1. The van der Waals surface area contributed by atoms with Gasteiger partial charge < -0.3 is 9.67 Å². The van der Waals surface area contributed by atoms with E-state index in [9.17, 15) is 4.79 Å². The summed E-state index contributed by atoms with van der Waals surface area (Å²) in [7, 11) is 0. The van der Waals surface area contributed by atoms with Gasteiger partial charge in [-0.05, 0) is 38.5 Å². The first-order chi connectivity index (χ1) is 8.00. The maximum absolute atomic E-state index is 11.1. The third-order valence-corrected chi connectivity index (χ3v) is 2.80. The Hall–Kier alpha value is -2.10. The van der Waals surface area contributed by atoms with E-state index in [1.807, 2.05) is 37.6 Å². The smallest absolute Gasteiger partial charge is 0.336 e. The van der Waals surface area contributed by atoms with Crippen molar-refractivity contribution in [3.8, 4) is 5.69 Å². The predicted octanol–water partition coefficient (Wildman–Crippen LogP) is 2.50. The lowest BCUT2D eigenvalue weighted by atomic mass is 10.1. The van der Waals surface area contributed by atoms with Gasteiger partial charge in [-0.3, -0.25) is 0 Å². The van der Waals surface area contributed by atoms with Crippen molar-refractivity contribution in [2.75, 3.05) is 0 Å². The maximum Gasteiger partial charge on any atom is 0.336 e. The quantitative estimate of drug-likeness (QED) is 0.862. The predicted molar refractivity (Wildman–Crippen MR) is 64.7 cm³/mol. The highest BCUT2D eigenvalue weighted by molar-refractivity contribution is 5.90. The van der Waals surface area contributed by atoms with Crippen LogP contribution in [0.15, 0.2) is 24.4 Å². The number of nitrogens with zero attached hydrogens (tertiary/aromatic N) is 2. The molecule has 1 N–H and O–H groups in total. The van der Waals surface area contributed by atoms with Crippen LogP contribution < -0.4 is 0 Å². The maximum atomic E-state index is 11.1. The van der Waals surface area contributed by atoms with Crippen LogP contribution in [0.5, 0.6) is 0 Å². The fraction of sp³-hybridized carbons (Fsp3) is 0.231. The lowest BCUT2D eigenvalue weighted by Gasteiger charge is -2.10. The lowest BCUT2D eigenvalue weighted by Crippen LogP contribution is -2.05. The van der Waals surface area contributed by atoms with Crippen molar-refractivity contribution >= 4 is 5.97 Å². The van der Waals surface area contributed by atoms with Crippen LogP contribution in [-0.4, -0.2) is 20.6 Å². The minimum atomic E-state index is -0.904. The van der Waals surface area contributed by atoms with Gasteiger partial charge in [-0.15, -0.1) is 0 Å². The molecule has 0 aliphatic carbocycles. The van der Waals surface area contributed by atoms with Crippen LogP contribution in [0.4, 0.5) is 0 Å². The molecule has 0 spiro atoms. The molecule has 1 aromatic carbocycles. The van der Waals surface area contributed by atoms with Crippen molar-refractivity contribution in [2.45, 2.75) is 20.8 Å². The summed E-state index contributed by atoms with van der Waals surface area (Å²) in [6, 6.07) is 5.26. The molecule has 2 rings (SSSR count). The Bertz CT molecular complexity index is 585. The highest BCUT2D eigenvalue weighted by atomic mass is 16.4. The second-order valence-electron chi connectivity index (χ2n) is 4.05. The summed E-state index contributed by atoms with van der Waals surface area (Å²) in [5, 5.41) is 9.09. The molecule has 4 nitrogen and oxygen atoms in total. The second-order valence-corrected chi connectivity index (χ2v) is 4.05. The Morgan fingerprint density at radius 3 is 2.53 bits per heavy atom. The van der Waals surface area contributed by atoms with Crippen molar-refractivity contribution in [2.24, 2.45) is 0 Å². The summed E-state index contributed by atoms with van der Waals surface area (Å²) in [6.07, 6.45) is 1.91. The number of aryl methyl sites for hydroxylation is 2. The molecule has 0 atom stereocenters. The van der Waals surface area contributed by atoms with Gasteiger partial charge in [-0.25, -0.2) is 9.78 Å². The van der Waals surface area contributed by atoms with Gasteiger partial charge in [-0.1, -0.05) is 6.07 Å². The molecule has 0 aliphatic rings. The molecule has 0 bridgehead atoms. The largest absolute Gasteiger partial charge is 0.478 e. The van der Waals surface area contributed by atoms with E-state index in [4.69, 9.17) is 5.11 Å². The second kappa shape index (κ2) is 4.05. The van der Waals surface area contributed by atoms with E-state index >= 15 is 0 Å². The van der Waals surface area contributed by atoms with Gasteiger partial charge in [0.25, 0.3) is 0 Å². The third-order valence-electron chi connectivity index (χ3n) is 2.80. The van der Waals surface area contributed by atoms with E-state index < -0.39 is 5.97 Å². The Morgan fingerprint density at radius 1 is 1.29 bits per heavy atom. The molecule has 0 saturated heterocycles. The van der Waals surface area contributed by atoms with Gasteiger partial charge in [0.2, 0.25) is 0 Å². The van der Waals surface area contributed by atoms with Crippen LogP contribution in [0.2, 0.25) is 0 Å². The Labute approximate surface area is 99.5 Å². The number of rotatable bonds is 2. The molecule has 0 amide bonds. The summed E-state index contributed by atoms with van der Waals surface area (Å²) in [6.45, 7) is 5.63. The molecule has 88 valence electrons. The average molecular weight is 230 g/mol. The molecule has 1 heterocycles. The summed E-state index contributed by atoms with van der Waals surface area (Å²) in [4.78, 5) is 15.4. The molecule has 0 fully saturated rings. The number of aromatic nitrogens is 2. The number of aromatic carboxylic acids is 1. The van der Waals surface area contributed by atoms with Crippen molar-refractivity contribution in [3.63, 3.8) is 0 Å². The monoisotopic (exact) mass is 230 g/mol. The van der Waals surface area contributed by atoms with E-state index in [1.165, 1.54) is 0 Å². The van der Waals surface area contributed by atoms with Crippen LogP contribution >= 0.6 is 0 Å². The molecule has 0 unspecified atom stereocenters. The molecular weight excluding hydrogens is 216 g/mol. The van der Waals surface area contributed by atoms with E-state index in [1.54, 1.807) is 12.1 Å². The summed E-state index contributed by atoms with van der Waals surface area (Å²) in [5.41, 5.74) is 2.86. The first kappa shape index (κ1) is 11.4. The van der Waals surface area contributed by atoms with Crippen molar-refractivity contribution in [1.82, 2.24) is 9.55 Å². The van der Waals surface area contributed by atoms with Crippen molar-refractivity contribution in [1.29, 1.82) is 0 Å². The molecule has 2 aromatic rings. The minimum absolute atomic E-state index is 0.327. The first-order valence-corrected chi connectivity index (χ1v) is 5.36. The number of benzene rings is 1. The number of imidazole rings is 1. The van der Waals surface area contributed by atoms with Crippen molar-refractivity contribution in [3.05, 3.63) is 47.0 Å². The Balaban J connectivity index is 2.64. The van der Waals surface area contributed by atoms with Crippen LogP contribution in [0.1, 0.15) is 27.4 Å². The lowest BCUT2D eigenvalue weighted by molar-refractivity contribution is 0.0696. The van der Waals surface area contributed by atoms with Gasteiger partial charge in [0, 0.05) is 6.20 Å². The number of hydrogen-bond donors (Lipinski definition) is 1. The van der Waals surface area contributed by atoms with Gasteiger partial charge in [-0.2, -0.15) is 0 Å². The zero-order chi connectivity index (χ0) is 12.6. The molecule has 1 aromatic heterocycles. The average Bonchev–Trinajstić information content (AvgIpc) is 2.57. The van der Waals surface area contributed by atoms with Gasteiger partial charge in [0.05, 0.1) is 16.9 Å². The molecule has 0 radical (unpaired) electrons. The Kier molecular flexibility index (Phi) is 2.71. The van der Waals surface area contributed by atoms with Gasteiger partial charge in [0.1, 0.15) is 5.82 Å². The zero-order valence-corrected chi connectivity index (χ0v) is 10.1. The van der Waals surface area contributed by atoms with Gasteiger partial charge in [0.15, 0.2) is 0 Å². The van der Waals surface area contributed by atoms with Crippen molar-refractivity contribution < 1.29 is 9.90 Å². The molecule has 0 saturated carbocycles. The van der Waals surface area contributed by atoms with E-state index in [-0.39, 0.29) is 0 Å². The molecule has 0 aliphatic heterocycles. The Morgan fingerprint density at radius 2 is 2.00 bits per heavy atom. The fourth-order valence-electron chi connectivity index (χ4n) is 1.98. The topological polar surface area (TPSA) is 55.1 Å². The number of carboxylic acids is 1.